The quantitative estimate of drug-likeness (QED) is 0.477. The Kier molecular flexibility index (Phi) is 9.87. The van der Waals surface area contributed by atoms with Gasteiger partial charge in [-0.05, 0) is 44.0 Å². The minimum Gasteiger partial charge on any atom is -0.493 e. The van der Waals surface area contributed by atoms with Crippen LogP contribution in [0, 0.1) is 0 Å². The second-order valence-corrected chi connectivity index (χ2v) is 6.15. The number of hydrogen-bond donors (Lipinski definition) is 2. The normalized spacial score (nSPS) is 11.6. The first-order valence-corrected chi connectivity index (χ1v) is 9.13. The first kappa shape index (κ1) is 23.3. The smallest absolute Gasteiger partial charge is 0.331 e. The van der Waals surface area contributed by atoms with Gasteiger partial charge in [0.25, 0.3) is 5.91 Å². The first-order valence-electron chi connectivity index (χ1n) is 8.76. The van der Waals surface area contributed by atoms with E-state index in [-0.39, 0.29) is 6.04 Å². The van der Waals surface area contributed by atoms with Gasteiger partial charge in [0.15, 0.2) is 18.1 Å². The summed E-state index contributed by atoms with van der Waals surface area (Å²) in [5.74, 6) is -0.636. The molecule has 0 bridgehead atoms. The van der Waals surface area contributed by atoms with Gasteiger partial charge in [-0.15, -0.1) is 0 Å². The fourth-order valence-electron chi connectivity index (χ4n) is 1.99. The number of benzene rings is 1. The zero-order valence-electron chi connectivity index (χ0n) is 16.3. The van der Waals surface area contributed by atoms with E-state index in [0.29, 0.717) is 28.7 Å². The summed E-state index contributed by atoms with van der Waals surface area (Å²) in [4.78, 5) is 34.9. The molecule has 0 aromatic heterocycles. The highest BCUT2D eigenvalue weighted by Gasteiger charge is 2.12. The van der Waals surface area contributed by atoms with E-state index in [2.05, 4.69) is 10.6 Å². The zero-order chi connectivity index (χ0) is 21.1. The summed E-state index contributed by atoms with van der Waals surface area (Å²) in [6.07, 6.45) is 3.32. The Morgan fingerprint density at radius 2 is 1.96 bits per heavy atom. The molecular formula is C19H25ClN2O6. The lowest BCUT2D eigenvalue weighted by atomic mass is 10.2. The minimum atomic E-state index is -0.749. The van der Waals surface area contributed by atoms with Crippen molar-refractivity contribution >= 4 is 35.6 Å². The van der Waals surface area contributed by atoms with Crippen molar-refractivity contribution in [3.8, 4) is 11.5 Å². The standard InChI is InChI=1S/C19H25ClN2O6/c1-5-12(3)21-19(25)22-16(23)11-28-17(24)8-7-13-9-14(20)18(27-6-2)15(10-13)26-4/h7-10,12H,5-6,11H2,1-4H3,(H2,21,22,23,25)/b8-7+/t12-/m0/s1. The summed E-state index contributed by atoms with van der Waals surface area (Å²) in [7, 11) is 1.48. The second kappa shape index (κ2) is 11.9. The van der Waals surface area contributed by atoms with Crippen LogP contribution in [0.1, 0.15) is 32.8 Å². The van der Waals surface area contributed by atoms with Gasteiger partial charge in [-0.25, -0.2) is 9.59 Å². The molecule has 0 radical (unpaired) electrons. The number of ether oxygens (including phenoxy) is 3. The van der Waals surface area contributed by atoms with E-state index in [0.717, 1.165) is 12.5 Å². The van der Waals surface area contributed by atoms with E-state index >= 15 is 0 Å². The minimum absolute atomic E-state index is 0.0730. The van der Waals surface area contributed by atoms with Crippen LogP contribution in [0.15, 0.2) is 18.2 Å². The number of rotatable bonds is 9. The summed E-state index contributed by atoms with van der Waals surface area (Å²) in [6, 6.07) is 2.54. The number of urea groups is 1. The lowest BCUT2D eigenvalue weighted by molar-refractivity contribution is -0.143. The third kappa shape index (κ3) is 7.87. The molecule has 0 unspecified atom stereocenters. The summed E-state index contributed by atoms with van der Waals surface area (Å²) < 4.78 is 15.4. The fraction of sp³-hybridized carbons (Fsp3) is 0.421. The molecule has 0 heterocycles. The maximum absolute atomic E-state index is 11.8. The predicted octanol–water partition coefficient (Wildman–Crippen LogP) is 2.93. The summed E-state index contributed by atoms with van der Waals surface area (Å²) in [5.41, 5.74) is 0.583. The molecule has 0 saturated heterocycles. The van der Waals surface area contributed by atoms with Gasteiger partial charge in [-0.3, -0.25) is 10.1 Å². The van der Waals surface area contributed by atoms with Crippen LogP contribution in [-0.4, -0.2) is 44.3 Å². The molecule has 0 aliphatic rings. The van der Waals surface area contributed by atoms with Crippen molar-refractivity contribution in [3.63, 3.8) is 0 Å². The molecule has 154 valence electrons. The fourth-order valence-corrected chi connectivity index (χ4v) is 2.27. The number of carbonyl (C=O) groups excluding carboxylic acids is 3. The molecule has 2 N–H and O–H groups in total. The Morgan fingerprint density at radius 3 is 2.57 bits per heavy atom. The number of carbonyl (C=O) groups is 3. The van der Waals surface area contributed by atoms with E-state index < -0.39 is 24.5 Å². The molecule has 1 atom stereocenters. The van der Waals surface area contributed by atoms with E-state index in [1.165, 1.54) is 13.2 Å². The maximum atomic E-state index is 11.8. The van der Waals surface area contributed by atoms with Crippen molar-refractivity contribution in [2.75, 3.05) is 20.3 Å². The number of esters is 1. The van der Waals surface area contributed by atoms with Gasteiger partial charge in [-0.2, -0.15) is 0 Å². The van der Waals surface area contributed by atoms with Gasteiger partial charge in [-0.1, -0.05) is 18.5 Å². The number of methoxy groups -OCH3 is 1. The van der Waals surface area contributed by atoms with Crippen LogP contribution in [0.25, 0.3) is 6.08 Å². The summed E-state index contributed by atoms with van der Waals surface area (Å²) >= 11 is 6.16. The molecule has 0 spiro atoms. The number of halogens is 1. The van der Waals surface area contributed by atoms with E-state index in [1.54, 1.807) is 19.1 Å². The Balaban J connectivity index is 2.59. The van der Waals surface area contributed by atoms with Crippen LogP contribution in [0.5, 0.6) is 11.5 Å². The van der Waals surface area contributed by atoms with Crippen LogP contribution in [0.4, 0.5) is 4.79 Å². The molecule has 0 fully saturated rings. The number of amides is 3. The average Bonchev–Trinajstić information content (AvgIpc) is 2.66. The SMILES string of the molecule is CCOc1c(Cl)cc(/C=C/C(=O)OCC(=O)NC(=O)N[C@@H](C)CC)cc1OC. The molecule has 1 rings (SSSR count). The van der Waals surface area contributed by atoms with Gasteiger partial charge in [0.1, 0.15) is 0 Å². The van der Waals surface area contributed by atoms with Crippen LogP contribution in [0.2, 0.25) is 5.02 Å². The molecule has 0 aliphatic heterocycles. The highest BCUT2D eigenvalue weighted by atomic mass is 35.5. The molecule has 8 nitrogen and oxygen atoms in total. The molecule has 1 aromatic rings. The molecule has 3 amide bonds. The Bertz CT molecular complexity index is 735. The van der Waals surface area contributed by atoms with Crippen molar-refractivity contribution in [1.29, 1.82) is 0 Å². The molecule has 0 saturated carbocycles. The monoisotopic (exact) mass is 412 g/mol. The van der Waals surface area contributed by atoms with E-state index in [4.69, 9.17) is 25.8 Å². The third-order valence-corrected chi connectivity index (χ3v) is 3.82. The lowest BCUT2D eigenvalue weighted by Gasteiger charge is -2.12. The van der Waals surface area contributed by atoms with Gasteiger partial charge in [0.2, 0.25) is 0 Å². The maximum Gasteiger partial charge on any atom is 0.331 e. The molecular weight excluding hydrogens is 388 g/mol. The van der Waals surface area contributed by atoms with Crippen LogP contribution >= 0.6 is 11.6 Å². The van der Waals surface area contributed by atoms with Crippen molar-refractivity contribution < 1.29 is 28.6 Å². The Morgan fingerprint density at radius 1 is 1.25 bits per heavy atom. The topological polar surface area (TPSA) is 103 Å². The largest absolute Gasteiger partial charge is 0.493 e. The van der Waals surface area contributed by atoms with E-state index in [1.807, 2.05) is 13.8 Å². The first-order chi connectivity index (χ1) is 13.3. The molecule has 28 heavy (non-hydrogen) atoms. The highest BCUT2D eigenvalue weighted by Crippen LogP contribution is 2.36. The molecule has 0 aliphatic carbocycles. The Labute approximate surface area is 169 Å². The second-order valence-electron chi connectivity index (χ2n) is 5.74. The zero-order valence-corrected chi connectivity index (χ0v) is 17.1. The third-order valence-electron chi connectivity index (χ3n) is 3.54. The highest BCUT2D eigenvalue weighted by molar-refractivity contribution is 6.32. The van der Waals surface area contributed by atoms with Crippen LogP contribution < -0.4 is 20.1 Å². The summed E-state index contributed by atoms with van der Waals surface area (Å²) in [5, 5.41) is 4.98. The number of nitrogens with one attached hydrogen (secondary N) is 2. The predicted molar refractivity (Wildman–Crippen MR) is 106 cm³/mol. The van der Waals surface area contributed by atoms with Crippen molar-refractivity contribution in [3.05, 3.63) is 28.8 Å². The number of hydrogen-bond acceptors (Lipinski definition) is 6. The van der Waals surface area contributed by atoms with Gasteiger partial charge in [0, 0.05) is 12.1 Å². The number of imide groups is 1. The Hall–Kier alpha value is -2.74. The van der Waals surface area contributed by atoms with Crippen molar-refractivity contribution in [2.45, 2.75) is 33.2 Å². The van der Waals surface area contributed by atoms with Gasteiger partial charge >= 0.3 is 12.0 Å². The molecule has 9 heteroatoms. The van der Waals surface area contributed by atoms with Crippen LogP contribution in [-0.2, 0) is 14.3 Å². The van der Waals surface area contributed by atoms with Gasteiger partial charge in [0.05, 0.1) is 18.7 Å². The van der Waals surface area contributed by atoms with E-state index in [9.17, 15) is 14.4 Å². The summed E-state index contributed by atoms with van der Waals surface area (Å²) in [6.45, 7) is 5.37. The van der Waals surface area contributed by atoms with Crippen molar-refractivity contribution in [2.24, 2.45) is 0 Å². The van der Waals surface area contributed by atoms with Crippen molar-refractivity contribution in [1.82, 2.24) is 10.6 Å². The van der Waals surface area contributed by atoms with Crippen LogP contribution in [0.3, 0.4) is 0 Å². The molecule has 1 aromatic carbocycles. The lowest BCUT2D eigenvalue weighted by Crippen LogP contribution is -2.44. The average molecular weight is 413 g/mol. The van der Waals surface area contributed by atoms with Gasteiger partial charge < -0.3 is 19.5 Å².